The molecule has 0 saturated carbocycles. The first-order valence-corrected chi connectivity index (χ1v) is 4.00. The number of hydrogen-bond acceptors (Lipinski definition) is 3. The third-order valence-corrected chi connectivity index (χ3v) is 1.86. The molecule has 1 aromatic rings. The van der Waals surface area contributed by atoms with Crippen LogP contribution in [-0.4, -0.2) is 18.6 Å². The highest BCUT2D eigenvalue weighted by Gasteiger charge is 2.14. The second-order valence-electron chi connectivity index (χ2n) is 2.47. The Hall–Kier alpha value is -1.42. The molecule has 0 atom stereocenters. The Morgan fingerprint density at radius 2 is 2.21 bits per heavy atom. The topological polar surface area (TPSA) is 43.4 Å². The van der Waals surface area contributed by atoms with Gasteiger partial charge in [-0.15, -0.1) is 0 Å². The van der Waals surface area contributed by atoms with E-state index in [9.17, 15) is 14.0 Å². The fourth-order valence-electron chi connectivity index (χ4n) is 0.991. The van der Waals surface area contributed by atoms with Gasteiger partial charge in [0.05, 0.1) is 18.2 Å². The number of rotatable bonds is 3. The van der Waals surface area contributed by atoms with E-state index in [1.807, 2.05) is 0 Å². The van der Waals surface area contributed by atoms with Crippen LogP contribution < -0.4 is 4.74 Å². The molecule has 0 spiro atoms. The van der Waals surface area contributed by atoms with Gasteiger partial charge in [-0.3, -0.25) is 9.59 Å². The summed E-state index contributed by atoms with van der Waals surface area (Å²) in [7, 11) is 1.30. The predicted molar refractivity (Wildman–Crippen MR) is 48.5 cm³/mol. The number of aldehydes is 1. The van der Waals surface area contributed by atoms with Crippen molar-refractivity contribution in [1.82, 2.24) is 0 Å². The molecule has 3 nitrogen and oxygen atoms in total. The number of halogens is 2. The summed E-state index contributed by atoms with van der Waals surface area (Å²) in [5.41, 5.74) is -0.257. The Morgan fingerprint density at radius 1 is 1.57 bits per heavy atom. The Kier molecular flexibility index (Phi) is 3.19. The maximum Gasteiger partial charge on any atom is 0.255 e. The van der Waals surface area contributed by atoms with Gasteiger partial charge >= 0.3 is 0 Å². The van der Waals surface area contributed by atoms with Crippen LogP contribution in [0.3, 0.4) is 0 Å². The van der Waals surface area contributed by atoms with Gasteiger partial charge < -0.3 is 4.74 Å². The highest BCUT2D eigenvalue weighted by atomic mass is 35.5. The molecule has 74 valence electrons. The minimum Gasteiger partial charge on any atom is -0.496 e. The maximum absolute atomic E-state index is 13.1. The SMILES string of the molecule is COc1cc(F)c(C(=O)Cl)cc1C=O. The second-order valence-corrected chi connectivity index (χ2v) is 2.81. The molecule has 14 heavy (non-hydrogen) atoms. The Balaban J connectivity index is 3.37. The lowest BCUT2D eigenvalue weighted by atomic mass is 10.1. The van der Waals surface area contributed by atoms with Crippen LogP contribution in [0.2, 0.25) is 0 Å². The third kappa shape index (κ3) is 1.90. The summed E-state index contributed by atoms with van der Waals surface area (Å²) in [6.45, 7) is 0. The lowest BCUT2D eigenvalue weighted by Gasteiger charge is -2.05. The molecule has 1 rings (SSSR count). The molecule has 0 heterocycles. The van der Waals surface area contributed by atoms with Crippen LogP contribution in [0.15, 0.2) is 12.1 Å². The molecular formula is C9H6ClFO3. The Morgan fingerprint density at radius 3 is 2.64 bits per heavy atom. The molecule has 0 saturated heterocycles. The number of hydrogen-bond donors (Lipinski definition) is 0. The van der Waals surface area contributed by atoms with E-state index < -0.39 is 11.1 Å². The molecule has 0 fully saturated rings. The van der Waals surface area contributed by atoms with E-state index in [4.69, 9.17) is 16.3 Å². The summed E-state index contributed by atoms with van der Waals surface area (Å²) in [6, 6.07) is 2.00. The summed E-state index contributed by atoms with van der Waals surface area (Å²) in [5.74, 6) is -0.744. The van der Waals surface area contributed by atoms with Crippen LogP contribution in [0.4, 0.5) is 4.39 Å². The van der Waals surface area contributed by atoms with Crippen molar-refractivity contribution in [3.63, 3.8) is 0 Å². The van der Waals surface area contributed by atoms with Crippen molar-refractivity contribution in [1.29, 1.82) is 0 Å². The number of carbonyl (C=O) groups excluding carboxylic acids is 2. The van der Waals surface area contributed by atoms with E-state index >= 15 is 0 Å². The van der Waals surface area contributed by atoms with E-state index in [0.29, 0.717) is 6.29 Å². The van der Waals surface area contributed by atoms with E-state index in [1.165, 1.54) is 7.11 Å². The first-order valence-electron chi connectivity index (χ1n) is 3.62. The average molecular weight is 217 g/mol. The average Bonchev–Trinajstić information content (AvgIpc) is 2.16. The van der Waals surface area contributed by atoms with Crippen LogP contribution in [0.1, 0.15) is 20.7 Å². The van der Waals surface area contributed by atoms with Crippen LogP contribution in [0.25, 0.3) is 0 Å². The van der Waals surface area contributed by atoms with Crippen molar-refractivity contribution in [2.24, 2.45) is 0 Å². The van der Waals surface area contributed by atoms with Gasteiger partial charge in [-0.2, -0.15) is 0 Å². The van der Waals surface area contributed by atoms with Crippen LogP contribution in [0.5, 0.6) is 5.75 Å². The molecule has 0 bridgehead atoms. The van der Waals surface area contributed by atoms with Crippen LogP contribution in [-0.2, 0) is 0 Å². The first kappa shape index (κ1) is 10.7. The highest BCUT2D eigenvalue weighted by Crippen LogP contribution is 2.22. The Bertz CT molecular complexity index is 390. The molecule has 0 unspecified atom stereocenters. The van der Waals surface area contributed by atoms with E-state index in [1.54, 1.807) is 0 Å². The molecule has 0 aliphatic rings. The van der Waals surface area contributed by atoms with Gasteiger partial charge in [0, 0.05) is 6.07 Å². The lowest BCUT2D eigenvalue weighted by Crippen LogP contribution is -1.99. The van der Waals surface area contributed by atoms with Crippen LogP contribution in [0, 0.1) is 5.82 Å². The zero-order chi connectivity index (χ0) is 10.7. The largest absolute Gasteiger partial charge is 0.496 e. The molecule has 0 aliphatic carbocycles. The van der Waals surface area contributed by atoms with E-state index in [0.717, 1.165) is 12.1 Å². The van der Waals surface area contributed by atoms with Crippen molar-refractivity contribution in [3.05, 3.63) is 29.1 Å². The second kappa shape index (κ2) is 4.19. The summed E-state index contributed by atoms with van der Waals surface area (Å²) in [4.78, 5) is 21.2. The minimum atomic E-state index is -0.951. The lowest BCUT2D eigenvalue weighted by molar-refractivity contribution is 0.107. The van der Waals surface area contributed by atoms with Gasteiger partial charge in [0.2, 0.25) is 0 Å². The Labute approximate surface area is 84.4 Å². The van der Waals surface area contributed by atoms with Crippen molar-refractivity contribution in [2.75, 3.05) is 7.11 Å². The molecule has 5 heteroatoms. The number of methoxy groups -OCH3 is 1. The minimum absolute atomic E-state index is 0.0687. The van der Waals surface area contributed by atoms with Gasteiger partial charge in [0.1, 0.15) is 11.6 Å². The van der Waals surface area contributed by atoms with Gasteiger partial charge in [-0.1, -0.05) is 0 Å². The quantitative estimate of drug-likeness (QED) is 0.574. The molecule has 0 amide bonds. The van der Waals surface area contributed by atoms with Crippen molar-refractivity contribution >= 4 is 23.1 Å². The zero-order valence-corrected chi connectivity index (χ0v) is 7.97. The summed E-state index contributed by atoms with van der Waals surface area (Å²) in [6.07, 6.45) is 0.460. The molecule has 0 radical (unpaired) electrons. The molecule has 0 aliphatic heterocycles. The van der Waals surface area contributed by atoms with Crippen molar-refractivity contribution < 1.29 is 18.7 Å². The number of ether oxygens (including phenoxy) is 1. The zero-order valence-electron chi connectivity index (χ0n) is 7.21. The fourth-order valence-corrected chi connectivity index (χ4v) is 1.14. The van der Waals surface area contributed by atoms with Gasteiger partial charge in [-0.25, -0.2) is 4.39 Å². The molecular weight excluding hydrogens is 211 g/mol. The smallest absolute Gasteiger partial charge is 0.255 e. The maximum atomic E-state index is 13.1. The first-order chi connectivity index (χ1) is 6.60. The van der Waals surface area contributed by atoms with Crippen molar-refractivity contribution in [3.8, 4) is 5.75 Å². The van der Waals surface area contributed by atoms with Crippen LogP contribution >= 0.6 is 11.6 Å². The summed E-state index contributed by atoms with van der Waals surface area (Å²) < 4.78 is 17.8. The highest BCUT2D eigenvalue weighted by molar-refractivity contribution is 6.67. The predicted octanol–water partition coefficient (Wildman–Crippen LogP) is 2.03. The standard InChI is InChI=1S/C9H6ClFO3/c1-14-8-3-7(11)6(9(10)13)2-5(8)4-12/h2-4H,1H3. The van der Waals surface area contributed by atoms with Gasteiger partial charge in [-0.05, 0) is 17.7 Å². The normalized spacial score (nSPS) is 9.64. The molecule has 1 aromatic carbocycles. The number of carbonyl (C=O) groups is 2. The van der Waals surface area contributed by atoms with Gasteiger partial charge in [0.15, 0.2) is 6.29 Å². The van der Waals surface area contributed by atoms with E-state index in [2.05, 4.69) is 0 Å². The molecule has 0 N–H and O–H groups in total. The fraction of sp³-hybridized carbons (Fsp3) is 0.111. The summed E-state index contributed by atoms with van der Waals surface area (Å²) >= 11 is 5.10. The van der Waals surface area contributed by atoms with Gasteiger partial charge in [0.25, 0.3) is 5.24 Å². The monoisotopic (exact) mass is 216 g/mol. The number of benzene rings is 1. The van der Waals surface area contributed by atoms with E-state index in [-0.39, 0.29) is 16.9 Å². The third-order valence-electron chi connectivity index (χ3n) is 1.66. The van der Waals surface area contributed by atoms with Crippen molar-refractivity contribution in [2.45, 2.75) is 0 Å². The summed E-state index contributed by atoms with van der Waals surface area (Å²) in [5, 5.41) is -0.951. The molecule has 0 aromatic heterocycles.